The van der Waals surface area contributed by atoms with Crippen molar-refractivity contribution < 1.29 is 22.8 Å². The molecule has 0 saturated heterocycles. The molecule has 0 fully saturated rings. The highest BCUT2D eigenvalue weighted by Crippen LogP contribution is 2.36. The molecule has 1 atom stereocenters. The molecule has 0 saturated carbocycles. The van der Waals surface area contributed by atoms with E-state index in [0.29, 0.717) is 11.8 Å². The molecule has 11 heteroatoms. The topological polar surface area (TPSA) is 88.9 Å². The third-order valence-corrected chi connectivity index (χ3v) is 4.09. The van der Waals surface area contributed by atoms with Crippen LogP contribution in [0.2, 0.25) is 5.02 Å². The van der Waals surface area contributed by atoms with Gasteiger partial charge in [-0.05, 0) is 25.1 Å². The molecule has 3 rings (SSSR count). The monoisotopic (exact) mass is 387 g/mol. The molecule has 2 aromatic rings. The minimum Gasteiger partial charge on any atom is -0.326 e. The first-order chi connectivity index (χ1) is 12.1. The molecule has 138 valence electrons. The van der Waals surface area contributed by atoms with E-state index >= 15 is 0 Å². The number of rotatable bonds is 3. The molecule has 0 aliphatic carbocycles. The fourth-order valence-electron chi connectivity index (χ4n) is 2.59. The van der Waals surface area contributed by atoms with Crippen LogP contribution in [-0.2, 0) is 22.3 Å². The molecule has 1 aliphatic heterocycles. The number of carbonyl (C=O) groups is 2. The molecule has 2 N–H and O–H groups in total. The maximum Gasteiger partial charge on any atom is 0.417 e. The van der Waals surface area contributed by atoms with Crippen LogP contribution in [0, 0.1) is 12.8 Å². The van der Waals surface area contributed by atoms with Crippen molar-refractivity contribution in [2.45, 2.75) is 26.1 Å². The largest absolute Gasteiger partial charge is 0.417 e. The first-order valence-electron chi connectivity index (χ1n) is 7.52. The van der Waals surface area contributed by atoms with Crippen LogP contribution in [0.5, 0.6) is 0 Å². The van der Waals surface area contributed by atoms with Crippen molar-refractivity contribution >= 4 is 35.1 Å². The molecule has 2 amide bonds. The van der Waals surface area contributed by atoms with Crippen LogP contribution in [0.3, 0.4) is 0 Å². The van der Waals surface area contributed by atoms with Crippen LogP contribution in [0.1, 0.15) is 17.8 Å². The van der Waals surface area contributed by atoms with E-state index in [0.717, 1.165) is 12.1 Å². The second-order valence-electron chi connectivity index (χ2n) is 5.80. The number of nitrogens with zero attached hydrogens (tertiary/aromatic N) is 3. The minimum absolute atomic E-state index is 0.0553. The Balaban J connectivity index is 1.69. The summed E-state index contributed by atoms with van der Waals surface area (Å²) in [6.45, 7) is 1.82. The number of carbonyl (C=O) groups excluding carboxylic acids is 2. The Hall–Kier alpha value is -2.62. The lowest BCUT2D eigenvalue weighted by atomic mass is 10.0. The predicted molar refractivity (Wildman–Crippen MR) is 86.6 cm³/mol. The van der Waals surface area contributed by atoms with Crippen LogP contribution < -0.4 is 10.6 Å². The third kappa shape index (κ3) is 3.79. The zero-order chi connectivity index (χ0) is 19.1. The van der Waals surface area contributed by atoms with Crippen LogP contribution in [0.25, 0.3) is 0 Å². The average Bonchev–Trinajstić information content (AvgIpc) is 2.87. The van der Waals surface area contributed by atoms with Gasteiger partial charge >= 0.3 is 6.18 Å². The standard InChI is InChI=1S/C15H13ClF3N5O2/c1-7-20-14-22-13(26)8(6-24(14)23-7)4-12(25)21-9-2-3-11(16)10(5-9)15(17,18)19/h2-3,5,8H,4,6H2,1H3,(H,21,25)(H,20,22,23,26). The van der Waals surface area contributed by atoms with E-state index in [2.05, 4.69) is 20.7 Å². The van der Waals surface area contributed by atoms with E-state index in [-0.39, 0.29) is 18.7 Å². The smallest absolute Gasteiger partial charge is 0.326 e. The number of aryl methyl sites for hydroxylation is 1. The molecule has 1 aromatic heterocycles. The van der Waals surface area contributed by atoms with Crippen molar-refractivity contribution in [1.82, 2.24) is 14.8 Å². The maximum atomic E-state index is 12.9. The predicted octanol–water partition coefficient (Wildman–Crippen LogP) is 2.86. The van der Waals surface area contributed by atoms with Crippen molar-refractivity contribution in [2.75, 3.05) is 10.6 Å². The van der Waals surface area contributed by atoms with Crippen molar-refractivity contribution in [3.05, 3.63) is 34.6 Å². The second-order valence-corrected chi connectivity index (χ2v) is 6.20. The van der Waals surface area contributed by atoms with Crippen LogP contribution in [0.15, 0.2) is 18.2 Å². The fourth-order valence-corrected chi connectivity index (χ4v) is 2.82. The molecular weight excluding hydrogens is 375 g/mol. The Morgan fingerprint density at radius 2 is 2.19 bits per heavy atom. The Morgan fingerprint density at radius 3 is 2.88 bits per heavy atom. The quantitative estimate of drug-likeness (QED) is 0.847. The first-order valence-corrected chi connectivity index (χ1v) is 7.90. The molecular formula is C15H13ClF3N5O2. The van der Waals surface area contributed by atoms with Gasteiger partial charge in [0.2, 0.25) is 17.8 Å². The second kappa shape index (κ2) is 6.60. The lowest BCUT2D eigenvalue weighted by Crippen LogP contribution is -2.36. The maximum absolute atomic E-state index is 12.9. The van der Waals surface area contributed by atoms with Gasteiger partial charge in [0, 0.05) is 12.1 Å². The third-order valence-electron chi connectivity index (χ3n) is 3.76. The van der Waals surface area contributed by atoms with E-state index in [9.17, 15) is 22.8 Å². The van der Waals surface area contributed by atoms with Gasteiger partial charge in [0.1, 0.15) is 5.82 Å². The van der Waals surface area contributed by atoms with Gasteiger partial charge in [-0.1, -0.05) is 11.6 Å². The van der Waals surface area contributed by atoms with Crippen molar-refractivity contribution in [1.29, 1.82) is 0 Å². The van der Waals surface area contributed by atoms with Gasteiger partial charge in [-0.25, -0.2) is 4.68 Å². The summed E-state index contributed by atoms with van der Waals surface area (Å²) in [6, 6.07) is 3.06. The van der Waals surface area contributed by atoms with E-state index in [4.69, 9.17) is 11.6 Å². The van der Waals surface area contributed by atoms with E-state index in [1.54, 1.807) is 6.92 Å². The highest BCUT2D eigenvalue weighted by atomic mass is 35.5. The van der Waals surface area contributed by atoms with Crippen molar-refractivity contribution in [2.24, 2.45) is 5.92 Å². The highest BCUT2D eigenvalue weighted by Gasteiger charge is 2.34. The summed E-state index contributed by atoms with van der Waals surface area (Å²) in [5.41, 5.74) is -1.10. The number of hydrogen-bond acceptors (Lipinski definition) is 4. The van der Waals surface area contributed by atoms with Crippen LogP contribution in [0.4, 0.5) is 24.8 Å². The van der Waals surface area contributed by atoms with Gasteiger partial charge < -0.3 is 5.32 Å². The van der Waals surface area contributed by atoms with Crippen LogP contribution in [-0.4, -0.2) is 26.6 Å². The van der Waals surface area contributed by atoms with Crippen molar-refractivity contribution in [3.63, 3.8) is 0 Å². The fraction of sp³-hybridized carbons (Fsp3) is 0.333. The zero-order valence-corrected chi connectivity index (χ0v) is 14.1. The molecule has 1 unspecified atom stereocenters. The lowest BCUT2D eigenvalue weighted by molar-refractivity contribution is -0.137. The number of aromatic nitrogens is 3. The summed E-state index contributed by atoms with van der Waals surface area (Å²) in [5.74, 6) is -0.922. The first kappa shape index (κ1) is 18.2. The van der Waals surface area contributed by atoms with Crippen LogP contribution >= 0.6 is 11.6 Å². The number of halogens is 4. The number of fused-ring (bicyclic) bond motifs is 1. The van der Waals surface area contributed by atoms with Crippen molar-refractivity contribution in [3.8, 4) is 0 Å². The van der Waals surface area contributed by atoms with E-state index in [1.807, 2.05) is 0 Å². The molecule has 1 aliphatic rings. The Kier molecular flexibility index (Phi) is 4.61. The van der Waals surface area contributed by atoms with Gasteiger partial charge in [-0.15, -0.1) is 0 Å². The summed E-state index contributed by atoms with van der Waals surface area (Å²) in [7, 11) is 0. The summed E-state index contributed by atoms with van der Waals surface area (Å²) in [4.78, 5) is 28.2. The Labute approximate surface area is 150 Å². The summed E-state index contributed by atoms with van der Waals surface area (Å²) >= 11 is 5.54. The van der Waals surface area contributed by atoms with Gasteiger partial charge in [0.15, 0.2) is 0 Å². The van der Waals surface area contributed by atoms with Gasteiger partial charge in [-0.3, -0.25) is 14.9 Å². The number of amides is 2. The number of hydrogen-bond donors (Lipinski definition) is 2. The summed E-state index contributed by atoms with van der Waals surface area (Å²) in [6.07, 6.45) is -4.85. The molecule has 0 radical (unpaired) electrons. The average molecular weight is 388 g/mol. The molecule has 0 spiro atoms. The normalized spacial score (nSPS) is 16.8. The molecule has 2 heterocycles. The minimum atomic E-state index is -4.64. The van der Waals surface area contributed by atoms with Gasteiger partial charge in [0.05, 0.1) is 23.0 Å². The van der Waals surface area contributed by atoms with E-state index in [1.165, 1.54) is 10.7 Å². The molecule has 26 heavy (non-hydrogen) atoms. The molecule has 0 bridgehead atoms. The summed E-state index contributed by atoms with van der Waals surface area (Å²) < 4.78 is 40.1. The van der Waals surface area contributed by atoms with Gasteiger partial charge in [-0.2, -0.15) is 23.3 Å². The SMILES string of the molecule is Cc1nc2n(n1)CC(CC(=O)Nc1ccc(Cl)c(C(F)(F)F)c1)C(=O)N2. The van der Waals surface area contributed by atoms with E-state index < -0.39 is 34.5 Å². The molecule has 7 nitrogen and oxygen atoms in total. The Bertz CT molecular complexity index is 881. The highest BCUT2D eigenvalue weighted by molar-refractivity contribution is 6.31. The summed E-state index contributed by atoms with van der Waals surface area (Å²) in [5, 5.41) is 8.53. The lowest BCUT2D eigenvalue weighted by Gasteiger charge is -2.21. The number of benzene rings is 1. The Morgan fingerprint density at radius 1 is 1.46 bits per heavy atom. The van der Waals surface area contributed by atoms with Gasteiger partial charge in [0.25, 0.3) is 0 Å². The number of nitrogens with one attached hydrogen (secondary N) is 2. The number of alkyl halides is 3. The molecule has 1 aromatic carbocycles. The number of anilines is 2. The zero-order valence-electron chi connectivity index (χ0n) is 13.4.